The number of ether oxygens (including phenoxy) is 1. The second-order valence-electron chi connectivity index (χ2n) is 8.84. The average molecular weight is 553 g/mol. The first-order valence-corrected chi connectivity index (χ1v) is 11.8. The zero-order valence-electron chi connectivity index (χ0n) is 21.1. The van der Waals surface area contributed by atoms with Gasteiger partial charge in [-0.25, -0.2) is 0 Å². The van der Waals surface area contributed by atoms with Crippen molar-refractivity contribution in [2.75, 3.05) is 19.5 Å². The number of alkyl halides is 6. The molecule has 0 aromatic heterocycles. The van der Waals surface area contributed by atoms with Gasteiger partial charge in [0.25, 0.3) is 5.91 Å². The summed E-state index contributed by atoms with van der Waals surface area (Å²) in [7, 11) is 2.74. The third-order valence-electron chi connectivity index (χ3n) is 6.10. The zero-order chi connectivity index (χ0) is 28.8. The monoisotopic (exact) mass is 552 g/mol. The molecular formula is C28H26F6N2O3. The van der Waals surface area contributed by atoms with Crippen LogP contribution in [-0.4, -0.2) is 36.9 Å². The summed E-state index contributed by atoms with van der Waals surface area (Å²) in [5, 5.41) is 2.71. The van der Waals surface area contributed by atoms with Gasteiger partial charge in [0.2, 0.25) is 5.91 Å². The molecule has 0 aliphatic heterocycles. The summed E-state index contributed by atoms with van der Waals surface area (Å²) in [6.45, 7) is 0. The first-order valence-electron chi connectivity index (χ1n) is 11.8. The van der Waals surface area contributed by atoms with E-state index in [2.05, 4.69) is 5.32 Å². The van der Waals surface area contributed by atoms with Crippen LogP contribution < -0.4 is 10.1 Å². The highest BCUT2D eigenvalue weighted by Gasteiger charge is 2.38. The van der Waals surface area contributed by atoms with Crippen molar-refractivity contribution < 1.29 is 40.7 Å². The van der Waals surface area contributed by atoms with Crippen LogP contribution in [0.3, 0.4) is 0 Å². The lowest BCUT2D eigenvalue weighted by Crippen LogP contribution is -2.39. The second kappa shape index (κ2) is 12.2. The van der Waals surface area contributed by atoms with E-state index < -0.39 is 46.9 Å². The predicted octanol–water partition coefficient (Wildman–Crippen LogP) is 6.84. The molecule has 0 aliphatic rings. The van der Waals surface area contributed by atoms with E-state index in [0.717, 1.165) is 10.5 Å². The van der Waals surface area contributed by atoms with E-state index in [-0.39, 0.29) is 25.3 Å². The Hall–Kier alpha value is -4.02. The average Bonchev–Trinajstić information content (AvgIpc) is 2.89. The van der Waals surface area contributed by atoms with Gasteiger partial charge in [-0.3, -0.25) is 9.59 Å². The normalized spacial score (nSPS) is 12.5. The summed E-state index contributed by atoms with van der Waals surface area (Å²) < 4.78 is 85.3. The number of hydrogen-bond donors (Lipinski definition) is 1. The molecule has 0 saturated carbocycles. The number of likely N-dealkylation sites (N-methyl/N-ethyl adjacent to an activating group) is 1. The molecule has 0 bridgehead atoms. The third kappa shape index (κ3) is 7.98. The Morgan fingerprint density at radius 3 is 2.00 bits per heavy atom. The molecule has 0 saturated heterocycles. The van der Waals surface area contributed by atoms with Gasteiger partial charge in [-0.15, -0.1) is 0 Å². The van der Waals surface area contributed by atoms with Crippen molar-refractivity contribution in [2.24, 2.45) is 0 Å². The van der Waals surface area contributed by atoms with Gasteiger partial charge in [-0.05, 0) is 48.7 Å². The lowest BCUT2D eigenvalue weighted by molar-refractivity contribution is -0.143. The van der Waals surface area contributed by atoms with Crippen LogP contribution in [0.4, 0.5) is 32.0 Å². The SMILES string of the molecule is COc1ccccc1NC(=O)CC[C@@H](Cc1ccccc1)N(C)C(=O)c1cc(C(F)(F)F)cc(C(F)(F)F)c1. The molecule has 0 spiro atoms. The van der Waals surface area contributed by atoms with E-state index in [1.807, 2.05) is 0 Å². The largest absolute Gasteiger partial charge is 0.495 e. The number of rotatable bonds is 9. The van der Waals surface area contributed by atoms with Gasteiger partial charge in [0, 0.05) is 25.1 Å². The Kier molecular flexibility index (Phi) is 9.26. The van der Waals surface area contributed by atoms with E-state index in [4.69, 9.17) is 4.74 Å². The van der Waals surface area contributed by atoms with Gasteiger partial charge in [0.05, 0.1) is 23.9 Å². The van der Waals surface area contributed by atoms with Crippen LogP contribution >= 0.6 is 0 Å². The van der Waals surface area contributed by atoms with Gasteiger partial charge < -0.3 is 15.0 Å². The van der Waals surface area contributed by atoms with Crippen LogP contribution in [0, 0.1) is 0 Å². The number of hydrogen-bond acceptors (Lipinski definition) is 3. The fraction of sp³-hybridized carbons (Fsp3) is 0.286. The standard InChI is InChI=1S/C28H26F6N2O3/c1-36(26(38)19-15-20(27(29,30)31)17-21(16-19)28(32,33)34)22(14-18-8-4-3-5-9-18)12-13-25(37)35-23-10-6-7-11-24(23)39-2/h3-11,15-17,22H,12-14H2,1-2H3,(H,35,37)/t22-/m0/s1. The molecule has 0 fully saturated rings. The Morgan fingerprint density at radius 1 is 0.872 bits per heavy atom. The van der Waals surface area contributed by atoms with Crippen molar-refractivity contribution in [1.29, 1.82) is 0 Å². The molecule has 1 N–H and O–H groups in total. The summed E-state index contributed by atoms with van der Waals surface area (Å²) in [6.07, 6.45) is -9.95. The fourth-order valence-electron chi connectivity index (χ4n) is 4.02. The number of methoxy groups -OCH3 is 1. The molecule has 39 heavy (non-hydrogen) atoms. The maximum atomic E-state index is 13.3. The van der Waals surface area contributed by atoms with Crippen molar-refractivity contribution in [3.8, 4) is 5.75 Å². The van der Waals surface area contributed by atoms with Crippen molar-refractivity contribution in [3.05, 3.63) is 95.1 Å². The Labute approximate surface area is 221 Å². The molecule has 0 radical (unpaired) electrons. The molecule has 2 amide bonds. The highest BCUT2D eigenvalue weighted by Crippen LogP contribution is 2.36. The van der Waals surface area contributed by atoms with Crippen molar-refractivity contribution in [2.45, 2.75) is 37.7 Å². The smallest absolute Gasteiger partial charge is 0.416 e. The van der Waals surface area contributed by atoms with E-state index in [0.29, 0.717) is 23.6 Å². The van der Waals surface area contributed by atoms with Crippen LogP contribution in [0.2, 0.25) is 0 Å². The van der Waals surface area contributed by atoms with Crippen molar-refractivity contribution >= 4 is 17.5 Å². The summed E-state index contributed by atoms with van der Waals surface area (Å²) >= 11 is 0. The third-order valence-corrected chi connectivity index (χ3v) is 6.10. The fourth-order valence-corrected chi connectivity index (χ4v) is 4.02. The number of benzene rings is 3. The van der Waals surface area contributed by atoms with Gasteiger partial charge in [-0.2, -0.15) is 26.3 Å². The highest BCUT2D eigenvalue weighted by atomic mass is 19.4. The first-order chi connectivity index (χ1) is 18.3. The summed E-state index contributed by atoms with van der Waals surface area (Å²) in [6, 6.07) is 15.6. The summed E-state index contributed by atoms with van der Waals surface area (Å²) in [5.74, 6) is -1.00. The van der Waals surface area contributed by atoms with E-state index in [1.54, 1.807) is 54.6 Å². The molecule has 3 aromatic rings. The molecule has 0 heterocycles. The lowest BCUT2D eigenvalue weighted by Gasteiger charge is -2.29. The minimum atomic E-state index is -5.09. The van der Waals surface area contributed by atoms with Gasteiger partial charge in [0.15, 0.2) is 0 Å². The molecule has 0 unspecified atom stereocenters. The number of carbonyl (C=O) groups excluding carboxylic acids is 2. The van der Waals surface area contributed by atoms with Gasteiger partial charge in [-0.1, -0.05) is 42.5 Å². The highest BCUT2D eigenvalue weighted by molar-refractivity contribution is 5.95. The molecule has 1 atom stereocenters. The van der Waals surface area contributed by atoms with E-state index >= 15 is 0 Å². The number of para-hydroxylation sites is 2. The van der Waals surface area contributed by atoms with Crippen molar-refractivity contribution in [3.63, 3.8) is 0 Å². The Bertz CT molecular complexity index is 1260. The van der Waals surface area contributed by atoms with Crippen LogP contribution in [-0.2, 0) is 23.6 Å². The summed E-state index contributed by atoms with van der Waals surface area (Å²) in [5.41, 5.74) is -2.71. The number of halogens is 6. The minimum absolute atomic E-state index is 0.0274. The molecule has 0 aliphatic carbocycles. The number of anilines is 1. The second-order valence-corrected chi connectivity index (χ2v) is 8.84. The number of nitrogens with zero attached hydrogens (tertiary/aromatic N) is 1. The van der Waals surface area contributed by atoms with Gasteiger partial charge in [0.1, 0.15) is 5.75 Å². The lowest BCUT2D eigenvalue weighted by atomic mass is 9.98. The zero-order valence-corrected chi connectivity index (χ0v) is 21.1. The van der Waals surface area contributed by atoms with E-state index in [1.165, 1.54) is 14.2 Å². The minimum Gasteiger partial charge on any atom is -0.495 e. The Morgan fingerprint density at radius 2 is 1.44 bits per heavy atom. The predicted molar refractivity (Wildman–Crippen MR) is 133 cm³/mol. The first kappa shape index (κ1) is 29.5. The van der Waals surface area contributed by atoms with Crippen LogP contribution in [0.15, 0.2) is 72.8 Å². The van der Waals surface area contributed by atoms with Crippen LogP contribution in [0.5, 0.6) is 5.75 Å². The molecular weight excluding hydrogens is 526 g/mol. The molecule has 3 aromatic carbocycles. The summed E-state index contributed by atoms with van der Waals surface area (Å²) in [4.78, 5) is 27.0. The topological polar surface area (TPSA) is 58.6 Å². The maximum Gasteiger partial charge on any atom is 0.416 e. The van der Waals surface area contributed by atoms with E-state index in [9.17, 15) is 35.9 Å². The van der Waals surface area contributed by atoms with Gasteiger partial charge >= 0.3 is 12.4 Å². The molecule has 208 valence electrons. The number of carbonyl (C=O) groups is 2. The molecule has 5 nitrogen and oxygen atoms in total. The van der Waals surface area contributed by atoms with Crippen LogP contribution in [0.1, 0.15) is 39.9 Å². The maximum absolute atomic E-state index is 13.3. The van der Waals surface area contributed by atoms with Crippen molar-refractivity contribution in [1.82, 2.24) is 4.90 Å². The Balaban J connectivity index is 1.87. The molecule has 11 heteroatoms. The number of amides is 2. The quantitative estimate of drug-likeness (QED) is 0.296. The number of nitrogens with one attached hydrogen (secondary N) is 1. The molecule has 3 rings (SSSR count). The van der Waals surface area contributed by atoms with Crippen LogP contribution in [0.25, 0.3) is 0 Å².